The molecule has 0 aromatic rings. The van der Waals surface area contributed by atoms with Crippen LogP contribution in [-0.2, 0) is 4.74 Å². The molecule has 18 heavy (non-hydrogen) atoms. The molecule has 0 saturated heterocycles. The first-order valence-corrected chi connectivity index (χ1v) is 5.77. The van der Waals surface area contributed by atoms with E-state index in [0.717, 1.165) is 0 Å². The fraction of sp³-hybridized carbons (Fsp3) is 0.909. The lowest BCUT2D eigenvalue weighted by Crippen LogP contribution is -2.47. The van der Waals surface area contributed by atoms with E-state index < -0.39 is 12.8 Å². The van der Waals surface area contributed by atoms with Crippen LogP contribution >= 0.6 is 0 Å². The quantitative estimate of drug-likeness (QED) is 0.455. The first kappa shape index (κ1) is 17.0. The van der Waals surface area contributed by atoms with Gasteiger partial charge in [-0.05, 0) is 27.2 Å². The zero-order valence-electron chi connectivity index (χ0n) is 11.3. The SMILES string of the molecule is CN=C(NCCCOCC(F)(F)F)NC(C)(C)C. The third kappa shape index (κ3) is 11.5. The van der Waals surface area contributed by atoms with Gasteiger partial charge in [-0.15, -0.1) is 0 Å². The second-order valence-corrected chi connectivity index (χ2v) is 4.90. The van der Waals surface area contributed by atoms with E-state index in [-0.39, 0.29) is 12.1 Å². The summed E-state index contributed by atoms with van der Waals surface area (Å²) < 4.78 is 39.8. The molecule has 0 radical (unpaired) electrons. The first-order valence-electron chi connectivity index (χ1n) is 5.77. The lowest BCUT2D eigenvalue weighted by molar-refractivity contribution is -0.173. The average Bonchev–Trinajstić information content (AvgIpc) is 2.18. The van der Waals surface area contributed by atoms with Crippen LogP contribution in [0.25, 0.3) is 0 Å². The van der Waals surface area contributed by atoms with Crippen molar-refractivity contribution in [2.24, 2.45) is 4.99 Å². The normalized spacial score (nSPS) is 13.6. The molecular formula is C11H22F3N3O. The molecule has 0 unspecified atom stereocenters. The van der Waals surface area contributed by atoms with Crippen LogP contribution in [0.5, 0.6) is 0 Å². The van der Waals surface area contributed by atoms with Gasteiger partial charge in [0.15, 0.2) is 5.96 Å². The fourth-order valence-electron chi connectivity index (χ4n) is 1.10. The molecule has 0 atom stereocenters. The van der Waals surface area contributed by atoms with Crippen molar-refractivity contribution >= 4 is 5.96 Å². The van der Waals surface area contributed by atoms with Crippen LogP contribution in [0, 0.1) is 0 Å². The molecule has 0 rings (SSSR count). The predicted molar refractivity (Wildman–Crippen MR) is 65.7 cm³/mol. The van der Waals surface area contributed by atoms with Crippen LogP contribution < -0.4 is 10.6 Å². The van der Waals surface area contributed by atoms with Crippen molar-refractivity contribution in [1.82, 2.24) is 10.6 Å². The van der Waals surface area contributed by atoms with Crippen molar-refractivity contribution in [3.05, 3.63) is 0 Å². The maximum atomic E-state index is 11.8. The Kier molecular flexibility index (Phi) is 7.05. The lowest BCUT2D eigenvalue weighted by Gasteiger charge is -2.23. The van der Waals surface area contributed by atoms with Gasteiger partial charge < -0.3 is 15.4 Å². The third-order valence-electron chi connectivity index (χ3n) is 1.74. The van der Waals surface area contributed by atoms with Gasteiger partial charge in [-0.25, -0.2) is 0 Å². The summed E-state index contributed by atoms with van der Waals surface area (Å²) in [5, 5.41) is 6.14. The lowest BCUT2D eigenvalue weighted by atomic mass is 10.1. The highest BCUT2D eigenvalue weighted by Gasteiger charge is 2.27. The van der Waals surface area contributed by atoms with E-state index >= 15 is 0 Å². The van der Waals surface area contributed by atoms with Gasteiger partial charge >= 0.3 is 6.18 Å². The van der Waals surface area contributed by atoms with E-state index in [9.17, 15) is 13.2 Å². The highest BCUT2D eigenvalue weighted by atomic mass is 19.4. The number of aliphatic imine (C=N–C) groups is 1. The number of nitrogens with zero attached hydrogens (tertiary/aromatic N) is 1. The van der Waals surface area contributed by atoms with Gasteiger partial charge in [-0.3, -0.25) is 4.99 Å². The van der Waals surface area contributed by atoms with E-state index in [2.05, 4.69) is 20.4 Å². The van der Waals surface area contributed by atoms with Crippen molar-refractivity contribution in [3.63, 3.8) is 0 Å². The third-order valence-corrected chi connectivity index (χ3v) is 1.74. The number of guanidine groups is 1. The molecule has 0 aliphatic rings. The Morgan fingerprint density at radius 2 is 1.83 bits per heavy atom. The zero-order valence-corrected chi connectivity index (χ0v) is 11.3. The maximum absolute atomic E-state index is 11.8. The van der Waals surface area contributed by atoms with Gasteiger partial charge in [-0.1, -0.05) is 0 Å². The Morgan fingerprint density at radius 1 is 1.22 bits per heavy atom. The van der Waals surface area contributed by atoms with Gasteiger partial charge in [0.25, 0.3) is 0 Å². The standard InChI is InChI=1S/C11H22F3N3O/c1-10(2,3)17-9(15-4)16-6-5-7-18-8-11(12,13)14/h5-8H2,1-4H3,(H2,15,16,17). The minimum Gasteiger partial charge on any atom is -0.372 e. The molecule has 0 aromatic carbocycles. The highest BCUT2D eigenvalue weighted by molar-refractivity contribution is 5.80. The Morgan fingerprint density at radius 3 is 2.28 bits per heavy atom. The van der Waals surface area contributed by atoms with Crippen molar-refractivity contribution in [3.8, 4) is 0 Å². The van der Waals surface area contributed by atoms with E-state index in [1.165, 1.54) is 0 Å². The van der Waals surface area contributed by atoms with Crippen LogP contribution in [0.2, 0.25) is 0 Å². The highest BCUT2D eigenvalue weighted by Crippen LogP contribution is 2.14. The van der Waals surface area contributed by atoms with Crippen LogP contribution in [0.15, 0.2) is 4.99 Å². The molecule has 0 bridgehead atoms. The largest absolute Gasteiger partial charge is 0.411 e. The topological polar surface area (TPSA) is 45.7 Å². The zero-order chi connectivity index (χ0) is 14.2. The average molecular weight is 269 g/mol. The molecule has 0 fully saturated rings. The maximum Gasteiger partial charge on any atom is 0.411 e. The summed E-state index contributed by atoms with van der Waals surface area (Å²) in [6, 6.07) is 0. The number of hydrogen-bond donors (Lipinski definition) is 2. The number of halogens is 3. The molecule has 7 heteroatoms. The molecular weight excluding hydrogens is 247 g/mol. The van der Waals surface area contributed by atoms with Crippen molar-refractivity contribution in [1.29, 1.82) is 0 Å². The fourth-order valence-corrected chi connectivity index (χ4v) is 1.10. The van der Waals surface area contributed by atoms with E-state index in [1.54, 1.807) is 7.05 Å². The molecule has 108 valence electrons. The summed E-state index contributed by atoms with van der Waals surface area (Å²) >= 11 is 0. The van der Waals surface area contributed by atoms with Crippen LogP contribution in [-0.4, -0.2) is 44.5 Å². The molecule has 0 spiro atoms. The summed E-state index contributed by atoms with van der Waals surface area (Å²) in [7, 11) is 1.64. The number of alkyl halides is 3. The molecule has 0 aliphatic heterocycles. The summed E-state index contributed by atoms with van der Waals surface area (Å²) in [4.78, 5) is 4.00. The van der Waals surface area contributed by atoms with E-state index in [1.807, 2.05) is 20.8 Å². The first-order chi connectivity index (χ1) is 8.14. The Bertz CT molecular complexity index is 259. The second kappa shape index (κ2) is 7.45. The minimum atomic E-state index is -4.25. The molecule has 2 N–H and O–H groups in total. The summed E-state index contributed by atoms with van der Waals surface area (Å²) in [6.45, 7) is 5.36. The Hall–Kier alpha value is -0.980. The van der Waals surface area contributed by atoms with Gasteiger partial charge in [-0.2, -0.15) is 13.2 Å². The molecule has 0 heterocycles. The summed E-state index contributed by atoms with van der Waals surface area (Å²) in [5.74, 6) is 0.623. The van der Waals surface area contributed by atoms with Crippen molar-refractivity contribution in [2.75, 3.05) is 26.8 Å². The van der Waals surface area contributed by atoms with Crippen LogP contribution in [0.4, 0.5) is 13.2 Å². The van der Waals surface area contributed by atoms with Gasteiger partial charge in [0.1, 0.15) is 6.61 Å². The van der Waals surface area contributed by atoms with Gasteiger partial charge in [0.05, 0.1) is 0 Å². The number of rotatable bonds is 5. The Labute approximate surface area is 106 Å². The van der Waals surface area contributed by atoms with Crippen LogP contribution in [0.3, 0.4) is 0 Å². The summed E-state index contributed by atoms with van der Waals surface area (Å²) in [5.41, 5.74) is -0.116. The van der Waals surface area contributed by atoms with E-state index in [0.29, 0.717) is 18.9 Å². The summed E-state index contributed by atoms with van der Waals surface area (Å²) in [6.07, 6.45) is -3.77. The molecule has 0 saturated carbocycles. The van der Waals surface area contributed by atoms with Crippen molar-refractivity contribution < 1.29 is 17.9 Å². The van der Waals surface area contributed by atoms with Crippen molar-refractivity contribution in [2.45, 2.75) is 38.9 Å². The molecule has 0 aromatic heterocycles. The minimum absolute atomic E-state index is 0.0685. The van der Waals surface area contributed by atoms with E-state index in [4.69, 9.17) is 0 Å². The number of ether oxygens (including phenoxy) is 1. The predicted octanol–water partition coefficient (Wildman–Crippen LogP) is 1.92. The smallest absolute Gasteiger partial charge is 0.372 e. The molecule has 4 nitrogen and oxygen atoms in total. The molecule has 0 amide bonds. The van der Waals surface area contributed by atoms with Gasteiger partial charge in [0.2, 0.25) is 0 Å². The van der Waals surface area contributed by atoms with Crippen LogP contribution in [0.1, 0.15) is 27.2 Å². The monoisotopic (exact) mass is 269 g/mol. The van der Waals surface area contributed by atoms with Gasteiger partial charge in [0, 0.05) is 25.7 Å². The second-order valence-electron chi connectivity index (χ2n) is 4.90. The molecule has 0 aliphatic carbocycles. The number of hydrogen-bond acceptors (Lipinski definition) is 2. The Balaban J connectivity index is 3.65. The number of nitrogens with one attached hydrogen (secondary N) is 2.